The van der Waals surface area contributed by atoms with Crippen LogP contribution in [0.1, 0.15) is 39.0 Å². The Morgan fingerprint density at radius 3 is 2.47 bits per heavy atom. The summed E-state index contributed by atoms with van der Waals surface area (Å²) >= 11 is 3.33. The Labute approximate surface area is 110 Å². The predicted molar refractivity (Wildman–Crippen MR) is 67.6 cm³/mol. The number of amides is 1. The minimum Gasteiger partial charge on any atom is -0.343 e. The minimum atomic E-state index is -2.55. The van der Waals surface area contributed by atoms with Crippen LogP contribution in [0.4, 0.5) is 8.78 Å². The molecule has 0 aromatic heterocycles. The molecule has 0 aromatic rings. The van der Waals surface area contributed by atoms with Crippen LogP contribution < -0.4 is 0 Å². The highest BCUT2D eigenvalue weighted by Gasteiger charge is 2.38. The molecule has 1 aliphatic rings. The molecule has 0 radical (unpaired) electrons. The highest BCUT2D eigenvalue weighted by molar-refractivity contribution is 9.09. The van der Waals surface area contributed by atoms with Gasteiger partial charge in [0.2, 0.25) is 11.8 Å². The normalized spacial score (nSPS) is 20.2. The van der Waals surface area contributed by atoms with E-state index in [1.54, 1.807) is 4.90 Å². The van der Waals surface area contributed by atoms with Gasteiger partial charge in [-0.1, -0.05) is 15.9 Å². The van der Waals surface area contributed by atoms with Gasteiger partial charge < -0.3 is 4.90 Å². The van der Waals surface area contributed by atoms with E-state index in [1.807, 2.05) is 6.92 Å². The number of hydrogen-bond donors (Lipinski definition) is 0. The lowest BCUT2D eigenvalue weighted by Gasteiger charge is -2.31. The monoisotopic (exact) mass is 311 g/mol. The van der Waals surface area contributed by atoms with Gasteiger partial charge in [-0.2, -0.15) is 0 Å². The molecule has 1 saturated carbocycles. The SMILES string of the molecule is CCN(CCCBr)C(=O)C1CCC(F)(F)CC1. The molecule has 1 aliphatic carbocycles. The van der Waals surface area contributed by atoms with Crippen LogP contribution in [0.3, 0.4) is 0 Å². The standard InChI is InChI=1S/C12H20BrF2NO/c1-2-16(9-3-8-13)11(17)10-4-6-12(14,15)7-5-10/h10H,2-9H2,1H3. The van der Waals surface area contributed by atoms with Crippen LogP contribution in [-0.4, -0.2) is 35.1 Å². The van der Waals surface area contributed by atoms with Crippen LogP contribution in [0, 0.1) is 5.92 Å². The first-order valence-electron chi connectivity index (χ1n) is 6.22. The Morgan fingerprint density at radius 1 is 1.41 bits per heavy atom. The topological polar surface area (TPSA) is 20.3 Å². The highest BCUT2D eigenvalue weighted by Crippen LogP contribution is 2.36. The fourth-order valence-electron chi connectivity index (χ4n) is 2.22. The summed E-state index contributed by atoms with van der Waals surface area (Å²) in [6, 6.07) is 0. The van der Waals surface area contributed by atoms with Gasteiger partial charge in [0.05, 0.1) is 0 Å². The second kappa shape index (κ2) is 6.66. The lowest BCUT2D eigenvalue weighted by molar-refractivity contribution is -0.139. The molecule has 0 heterocycles. The van der Waals surface area contributed by atoms with Crippen LogP contribution in [0.25, 0.3) is 0 Å². The van der Waals surface area contributed by atoms with Gasteiger partial charge in [-0.05, 0) is 26.2 Å². The molecule has 0 aliphatic heterocycles. The van der Waals surface area contributed by atoms with E-state index in [-0.39, 0.29) is 24.7 Å². The van der Waals surface area contributed by atoms with Crippen molar-refractivity contribution < 1.29 is 13.6 Å². The lowest BCUT2D eigenvalue weighted by Crippen LogP contribution is -2.39. The van der Waals surface area contributed by atoms with Gasteiger partial charge in [0.25, 0.3) is 0 Å². The summed E-state index contributed by atoms with van der Waals surface area (Å²) in [7, 11) is 0. The van der Waals surface area contributed by atoms with Crippen molar-refractivity contribution >= 4 is 21.8 Å². The maximum Gasteiger partial charge on any atom is 0.248 e. The van der Waals surface area contributed by atoms with E-state index in [9.17, 15) is 13.6 Å². The van der Waals surface area contributed by atoms with Crippen molar-refractivity contribution in [3.8, 4) is 0 Å². The molecule has 5 heteroatoms. The lowest BCUT2D eigenvalue weighted by atomic mass is 9.86. The summed E-state index contributed by atoms with van der Waals surface area (Å²) in [5, 5.41) is 0.861. The Hall–Kier alpha value is -0.190. The molecular weight excluding hydrogens is 292 g/mol. The molecule has 1 rings (SSSR count). The fourth-order valence-corrected chi connectivity index (χ4v) is 2.47. The van der Waals surface area contributed by atoms with Crippen LogP contribution in [0.15, 0.2) is 0 Å². The van der Waals surface area contributed by atoms with Gasteiger partial charge >= 0.3 is 0 Å². The molecule has 17 heavy (non-hydrogen) atoms. The third kappa shape index (κ3) is 4.53. The molecule has 1 fully saturated rings. The molecule has 0 saturated heterocycles. The van der Waals surface area contributed by atoms with Crippen molar-refractivity contribution in [1.82, 2.24) is 4.90 Å². The van der Waals surface area contributed by atoms with E-state index >= 15 is 0 Å². The smallest absolute Gasteiger partial charge is 0.248 e. The third-order valence-electron chi connectivity index (χ3n) is 3.32. The van der Waals surface area contributed by atoms with Gasteiger partial charge in [0.1, 0.15) is 0 Å². The number of carbonyl (C=O) groups is 1. The zero-order chi connectivity index (χ0) is 12.9. The Kier molecular flexibility index (Phi) is 5.83. The highest BCUT2D eigenvalue weighted by atomic mass is 79.9. The largest absolute Gasteiger partial charge is 0.343 e. The van der Waals surface area contributed by atoms with E-state index < -0.39 is 5.92 Å². The number of carbonyl (C=O) groups excluding carboxylic acids is 1. The number of halogens is 3. The van der Waals surface area contributed by atoms with Crippen LogP contribution in [0.5, 0.6) is 0 Å². The summed E-state index contributed by atoms with van der Waals surface area (Å²) in [6.07, 6.45) is 1.29. The van der Waals surface area contributed by atoms with Crippen LogP contribution in [0.2, 0.25) is 0 Å². The Morgan fingerprint density at radius 2 is 2.00 bits per heavy atom. The Bertz CT molecular complexity index is 251. The quantitative estimate of drug-likeness (QED) is 0.712. The second-order valence-electron chi connectivity index (χ2n) is 4.59. The van der Waals surface area contributed by atoms with E-state index in [1.165, 1.54) is 0 Å². The Balaban J connectivity index is 2.46. The molecule has 0 N–H and O–H groups in total. The first-order valence-corrected chi connectivity index (χ1v) is 7.35. The summed E-state index contributed by atoms with van der Waals surface area (Å²) in [5.74, 6) is -2.68. The van der Waals surface area contributed by atoms with Crippen LogP contribution >= 0.6 is 15.9 Å². The molecule has 0 atom stereocenters. The minimum absolute atomic E-state index is 0.0592. The van der Waals surface area contributed by atoms with Gasteiger partial charge in [0, 0.05) is 37.2 Å². The molecule has 0 bridgehead atoms. The molecule has 0 aromatic carbocycles. The second-order valence-corrected chi connectivity index (χ2v) is 5.38. The molecule has 2 nitrogen and oxygen atoms in total. The average molecular weight is 312 g/mol. The van der Waals surface area contributed by atoms with Gasteiger partial charge in [-0.15, -0.1) is 0 Å². The van der Waals surface area contributed by atoms with E-state index in [4.69, 9.17) is 0 Å². The summed E-state index contributed by atoms with van der Waals surface area (Å²) in [4.78, 5) is 13.9. The number of alkyl halides is 3. The molecular formula is C12H20BrF2NO. The maximum absolute atomic E-state index is 13.0. The van der Waals surface area contributed by atoms with Crippen LogP contribution in [-0.2, 0) is 4.79 Å². The first-order chi connectivity index (χ1) is 8.00. The molecule has 100 valence electrons. The van der Waals surface area contributed by atoms with Gasteiger partial charge in [-0.25, -0.2) is 8.78 Å². The van der Waals surface area contributed by atoms with Crippen molar-refractivity contribution in [3.63, 3.8) is 0 Å². The zero-order valence-electron chi connectivity index (χ0n) is 10.2. The van der Waals surface area contributed by atoms with E-state index in [0.29, 0.717) is 25.9 Å². The van der Waals surface area contributed by atoms with Crippen molar-refractivity contribution in [1.29, 1.82) is 0 Å². The van der Waals surface area contributed by atoms with E-state index in [2.05, 4.69) is 15.9 Å². The van der Waals surface area contributed by atoms with Crippen molar-refractivity contribution in [2.45, 2.75) is 45.0 Å². The zero-order valence-corrected chi connectivity index (χ0v) is 11.8. The number of rotatable bonds is 5. The first kappa shape index (κ1) is 14.9. The fraction of sp³-hybridized carbons (Fsp3) is 0.917. The average Bonchev–Trinajstić information content (AvgIpc) is 2.29. The summed E-state index contributed by atoms with van der Waals surface area (Å²) < 4.78 is 26.0. The maximum atomic E-state index is 13.0. The van der Waals surface area contributed by atoms with Crippen molar-refractivity contribution in [2.24, 2.45) is 5.92 Å². The van der Waals surface area contributed by atoms with Gasteiger partial charge in [-0.3, -0.25) is 4.79 Å². The molecule has 0 spiro atoms. The molecule has 1 amide bonds. The van der Waals surface area contributed by atoms with Crippen molar-refractivity contribution in [3.05, 3.63) is 0 Å². The van der Waals surface area contributed by atoms with Gasteiger partial charge in [0.15, 0.2) is 0 Å². The predicted octanol–water partition coefficient (Wildman–Crippen LogP) is 3.45. The molecule has 0 unspecified atom stereocenters. The number of nitrogens with zero attached hydrogens (tertiary/aromatic N) is 1. The van der Waals surface area contributed by atoms with E-state index in [0.717, 1.165) is 11.8 Å². The number of hydrogen-bond acceptors (Lipinski definition) is 1. The van der Waals surface area contributed by atoms with Crippen molar-refractivity contribution in [2.75, 3.05) is 18.4 Å². The third-order valence-corrected chi connectivity index (χ3v) is 3.88. The summed E-state index contributed by atoms with van der Waals surface area (Å²) in [5.41, 5.74) is 0. The summed E-state index contributed by atoms with van der Waals surface area (Å²) in [6.45, 7) is 3.32.